The fraction of sp³-hybridized carbons (Fsp3) is 0.500. The highest BCUT2D eigenvalue weighted by Gasteiger charge is 2.17. The van der Waals surface area contributed by atoms with Gasteiger partial charge in [-0.25, -0.2) is 4.39 Å². The number of rotatable bonds is 2. The van der Waals surface area contributed by atoms with Crippen molar-refractivity contribution in [2.75, 3.05) is 13.1 Å². The molecule has 0 aliphatic carbocycles. The van der Waals surface area contributed by atoms with Crippen LogP contribution in [0.1, 0.15) is 17.5 Å². The second-order valence-electron chi connectivity index (χ2n) is 4.28. The molecule has 1 heterocycles. The molecule has 1 fully saturated rings. The van der Waals surface area contributed by atoms with Gasteiger partial charge in [0.2, 0.25) is 0 Å². The van der Waals surface area contributed by atoms with Crippen LogP contribution in [0.3, 0.4) is 0 Å². The average molecular weight is 228 g/mol. The molecule has 3 heteroatoms. The van der Waals surface area contributed by atoms with Gasteiger partial charge in [0.1, 0.15) is 5.82 Å². The SMILES string of the molecule is Cc1cc(Cl)c(F)c(CC2CCNC2)c1. The zero-order valence-corrected chi connectivity index (χ0v) is 9.57. The van der Waals surface area contributed by atoms with E-state index in [2.05, 4.69) is 5.32 Å². The van der Waals surface area contributed by atoms with Gasteiger partial charge in [-0.1, -0.05) is 17.7 Å². The van der Waals surface area contributed by atoms with Crippen molar-refractivity contribution < 1.29 is 4.39 Å². The van der Waals surface area contributed by atoms with E-state index in [1.807, 2.05) is 13.0 Å². The van der Waals surface area contributed by atoms with Gasteiger partial charge in [0.05, 0.1) is 5.02 Å². The van der Waals surface area contributed by atoms with Crippen molar-refractivity contribution in [3.8, 4) is 0 Å². The van der Waals surface area contributed by atoms with Crippen LogP contribution in [-0.4, -0.2) is 13.1 Å². The molecule has 1 aliphatic rings. The van der Waals surface area contributed by atoms with Crippen molar-refractivity contribution in [3.63, 3.8) is 0 Å². The van der Waals surface area contributed by atoms with E-state index in [1.54, 1.807) is 6.07 Å². The Kier molecular flexibility index (Phi) is 3.27. The third-order valence-electron chi connectivity index (χ3n) is 2.92. The van der Waals surface area contributed by atoms with Crippen molar-refractivity contribution in [2.45, 2.75) is 19.8 Å². The summed E-state index contributed by atoms with van der Waals surface area (Å²) in [5.74, 6) is 0.312. The molecular weight excluding hydrogens is 213 g/mol. The quantitative estimate of drug-likeness (QED) is 0.819. The molecule has 1 aromatic rings. The second kappa shape index (κ2) is 4.50. The Morgan fingerprint density at radius 3 is 3.00 bits per heavy atom. The summed E-state index contributed by atoms with van der Waals surface area (Å²) < 4.78 is 13.7. The van der Waals surface area contributed by atoms with Crippen molar-refractivity contribution in [3.05, 3.63) is 34.1 Å². The van der Waals surface area contributed by atoms with Gasteiger partial charge in [-0.15, -0.1) is 0 Å². The maximum atomic E-state index is 13.7. The lowest BCUT2D eigenvalue weighted by molar-refractivity contribution is 0.543. The number of hydrogen-bond donors (Lipinski definition) is 1. The number of halogens is 2. The third-order valence-corrected chi connectivity index (χ3v) is 3.19. The summed E-state index contributed by atoms with van der Waals surface area (Å²) in [4.78, 5) is 0. The largest absolute Gasteiger partial charge is 0.316 e. The van der Waals surface area contributed by atoms with Gasteiger partial charge in [-0.2, -0.15) is 0 Å². The molecule has 1 atom stereocenters. The van der Waals surface area contributed by atoms with Gasteiger partial charge in [0.15, 0.2) is 0 Å². The van der Waals surface area contributed by atoms with E-state index >= 15 is 0 Å². The van der Waals surface area contributed by atoms with Crippen LogP contribution in [0.4, 0.5) is 4.39 Å². The Hall–Kier alpha value is -0.600. The minimum absolute atomic E-state index is 0.242. The molecule has 0 aromatic heterocycles. The van der Waals surface area contributed by atoms with Crippen LogP contribution in [0.15, 0.2) is 12.1 Å². The lowest BCUT2D eigenvalue weighted by atomic mass is 9.97. The molecular formula is C12H15ClFN. The van der Waals surface area contributed by atoms with Gasteiger partial charge in [-0.05, 0) is 56.0 Å². The summed E-state index contributed by atoms with van der Waals surface area (Å²) in [6.07, 6.45) is 1.92. The molecule has 1 saturated heterocycles. The van der Waals surface area contributed by atoms with Gasteiger partial charge in [0.25, 0.3) is 0 Å². The topological polar surface area (TPSA) is 12.0 Å². The Labute approximate surface area is 94.6 Å². The Morgan fingerprint density at radius 1 is 1.53 bits per heavy atom. The molecule has 0 amide bonds. The highest BCUT2D eigenvalue weighted by Crippen LogP contribution is 2.24. The molecule has 1 N–H and O–H groups in total. The molecule has 1 nitrogen and oxygen atoms in total. The van der Waals surface area contributed by atoms with Crippen LogP contribution < -0.4 is 5.32 Å². The minimum Gasteiger partial charge on any atom is -0.316 e. The number of nitrogens with one attached hydrogen (secondary N) is 1. The molecule has 0 spiro atoms. The Bertz CT molecular complexity index is 359. The first-order chi connectivity index (χ1) is 7.16. The predicted octanol–water partition coefficient (Wildman–Crippen LogP) is 2.94. The summed E-state index contributed by atoms with van der Waals surface area (Å²) in [5.41, 5.74) is 1.79. The van der Waals surface area contributed by atoms with Gasteiger partial charge >= 0.3 is 0 Å². The van der Waals surface area contributed by atoms with Crippen molar-refractivity contribution in [2.24, 2.45) is 5.92 Å². The maximum absolute atomic E-state index is 13.7. The molecule has 0 bridgehead atoms. The molecule has 1 aliphatic heterocycles. The molecule has 0 saturated carbocycles. The monoisotopic (exact) mass is 227 g/mol. The number of aryl methyl sites for hydroxylation is 1. The lowest BCUT2D eigenvalue weighted by Crippen LogP contribution is -2.11. The molecule has 15 heavy (non-hydrogen) atoms. The van der Waals surface area contributed by atoms with E-state index in [4.69, 9.17) is 11.6 Å². The summed E-state index contributed by atoms with van der Waals surface area (Å²) in [5, 5.41) is 3.53. The van der Waals surface area contributed by atoms with E-state index in [0.29, 0.717) is 5.92 Å². The van der Waals surface area contributed by atoms with E-state index in [0.717, 1.165) is 37.1 Å². The standard InChI is InChI=1S/C12H15ClFN/c1-8-4-10(12(14)11(13)5-8)6-9-2-3-15-7-9/h4-5,9,15H,2-3,6-7H2,1H3. The molecule has 0 radical (unpaired) electrons. The summed E-state index contributed by atoms with van der Waals surface area (Å²) >= 11 is 5.81. The normalized spacial score (nSPS) is 20.9. The van der Waals surface area contributed by atoms with E-state index < -0.39 is 0 Å². The summed E-state index contributed by atoms with van der Waals surface area (Å²) in [6.45, 7) is 3.98. The van der Waals surface area contributed by atoms with Gasteiger partial charge < -0.3 is 5.32 Å². The lowest BCUT2D eigenvalue weighted by Gasteiger charge is -2.10. The van der Waals surface area contributed by atoms with E-state index in [9.17, 15) is 4.39 Å². The molecule has 2 rings (SSSR count). The van der Waals surface area contributed by atoms with Crippen LogP contribution in [0, 0.1) is 18.7 Å². The number of benzene rings is 1. The average Bonchev–Trinajstić information content (AvgIpc) is 2.66. The molecule has 82 valence electrons. The van der Waals surface area contributed by atoms with Gasteiger partial charge in [0, 0.05) is 0 Å². The fourth-order valence-corrected chi connectivity index (χ4v) is 2.44. The zero-order chi connectivity index (χ0) is 10.8. The smallest absolute Gasteiger partial charge is 0.144 e. The Balaban J connectivity index is 2.19. The van der Waals surface area contributed by atoms with Crippen molar-refractivity contribution in [1.29, 1.82) is 0 Å². The molecule has 1 aromatic carbocycles. The van der Waals surface area contributed by atoms with Crippen molar-refractivity contribution >= 4 is 11.6 Å². The minimum atomic E-state index is -0.242. The van der Waals surface area contributed by atoms with Crippen LogP contribution in [0.2, 0.25) is 5.02 Å². The van der Waals surface area contributed by atoms with Gasteiger partial charge in [-0.3, -0.25) is 0 Å². The second-order valence-corrected chi connectivity index (χ2v) is 4.69. The first-order valence-electron chi connectivity index (χ1n) is 5.32. The van der Waals surface area contributed by atoms with E-state index in [1.165, 1.54) is 0 Å². The fourth-order valence-electron chi connectivity index (χ4n) is 2.14. The Morgan fingerprint density at radius 2 is 2.33 bits per heavy atom. The van der Waals surface area contributed by atoms with E-state index in [-0.39, 0.29) is 10.8 Å². The van der Waals surface area contributed by atoms with Crippen LogP contribution in [-0.2, 0) is 6.42 Å². The third kappa shape index (κ3) is 2.50. The summed E-state index contributed by atoms with van der Waals surface area (Å²) in [7, 11) is 0. The number of hydrogen-bond acceptors (Lipinski definition) is 1. The predicted molar refractivity (Wildman–Crippen MR) is 60.8 cm³/mol. The van der Waals surface area contributed by atoms with Crippen molar-refractivity contribution in [1.82, 2.24) is 5.32 Å². The van der Waals surface area contributed by atoms with Crippen LogP contribution >= 0.6 is 11.6 Å². The highest BCUT2D eigenvalue weighted by molar-refractivity contribution is 6.30. The highest BCUT2D eigenvalue weighted by atomic mass is 35.5. The summed E-state index contributed by atoms with van der Waals surface area (Å²) in [6, 6.07) is 3.58. The van der Waals surface area contributed by atoms with Crippen LogP contribution in [0.25, 0.3) is 0 Å². The molecule has 1 unspecified atom stereocenters. The van der Waals surface area contributed by atoms with Crippen LogP contribution in [0.5, 0.6) is 0 Å². The maximum Gasteiger partial charge on any atom is 0.144 e. The zero-order valence-electron chi connectivity index (χ0n) is 8.82. The first-order valence-corrected chi connectivity index (χ1v) is 5.70. The first kappa shape index (κ1) is 10.9.